The van der Waals surface area contributed by atoms with Gasteiger partial charge in [-0.15, -0.1) is 5.10 Å². The van der Waals surface area contributed by atoms with E-state index in [9.17, 15) is 13.2 Å². The third-order valence-corrected chi connectivity index (χ3v) is 2.20. The van der Waals surface area contributed by atoms with Gasteiger partial charge in [0.1, 0.15) is 5.56 Å². The Labute approximate surface area is 92.2 Å². The lowest BCUT2D eigenvalue weighted by atomic mass is 10.1. The number of methoxy groups -OCH3 is 1. The molecule has 0 aliphatic carbocycles. The Morgan fingerprint density at radius 3 is 1.94 bits per heavy atom. The van der Waals surface area contributed by atoms with Gasteiger partial charge in [-0.2, -0.15) is 13.2 Å². The van der Waals surface area contributed by atoms with Gasteiger partial charge in [0.05, 0.1) is 18.3 Å². The van der Waals surface area contributed by atoms with Crippen LogP contribution in [0, 0.1) is 6.92 Å². The zero-order valence-corrected chi connectivity index (χ0v) is 9.94. The maximum atomic E-state index is 12.8. The molecular formula is C10H15F3N2O. The summed E-state index contributed by atoms with van der Waals surface area (Å²) in [6.45, 7) is 6.75. The Morgan fingerprint density at radius 2 is 1.69 bits per heavy atom. The molecule has 0 radical (unpaired) electrons. The van der Waals surface area contributed by atoms with Crippen molar-refractivity contribution >= 4 is 0 Å². The molecule has 1 aromatic heterocycles. The van der Waals surface area contributed by atoms with E-state index in [1.54, 1.807) is 20.8 Å². The highest BCUT2D eigenvalue weighted by atomic mass is 19.4. The zero-order valence-electron chi connectivity index (χ0n) is 9.94. The van der Waals surface area contributed by atoms with Gasteiger partial charge < -0.3 is 4.74 Å². The molecule has 1 heterocycles. The van der Waals surface area contributed by atoms with Gasteiger partial charge >= 0.3 is 6.18 Å². The van der Waals surface area contributed by atoms with Crippen LogP contribution in [0.2, 0.25) is 0 Å². The maximum Gasteiger partial charge on any atom is 0.423 e. The fraction of sp³-hybridized carbons (Fsp3) is 0.700. The van der Waals surface area contributed by atoms with Crippen molar-refractivity contribution in [2.75, 3.05) is 7.11 Å². The van der Waals surface area contributed by atoms with Crippen molar-refractivity contribution in [1.82, 2.24) is 9.78 Å². The molecule has 0 spiro atoms. The second kappa shape index (κ2) is 3.68. The van der Waals surface area contributed by atoms with Crippen LogP contribution >= 0.6 is 0 Å². The molecule has 0 amide bonds. The molecule has 92 valence electrons. The Morgan fingerprint density at radius 1 is 1.19 bits per heavy atom. The third-order valence-electron chi connectivity index (χ3n) is 2.20. The molecule has 0 N–H and O–H groups in total. The monoisotopic (exact) mass is 236 g/mol. The summed E-state index contributed by atoms with van der Waals surface area (Å²) in [4.78, 5) is 0. The van der Waals surface area contributed by atoms with Crippen molar-refractivity contribution in [3.63, 3.8) is 0 Å². The molecule has 1 rings (SSSR count). The predicted octanol–water partition coefficient (Wildman–Crippen LogP) is 2.97. The van der Waals surface area contributed by atoms with Crippen molar-refractivity contribution in [3.05, 3.63) is 11.3 Å². The third kappa shape index (κ3) is 2.15. The predicted molar refractivity (Wildman–Crippen MR) is 53.5 cm³/mol. The highest BCUT2D eigenvalue weighted by Crippen LogP contribution is 2.39. The minimum absolute atomic E-state index is 0.0665. The summed E-state index contributed by atoms with van der Waals surface area (Å²) in [5, 5.41) is 3.84. The maximum absolute atomic E-state index is 12.8. The number of alkyl halides is 3. The Balaban J connectivity index is 3.45. The molecule has 1 aromatic rings. The highest BCUT2D eigenvalue weighted by Gasteiger charge is 2.41. The molecule has 0 saturated heterocycles. The molecule has 6 heteroatoms. The molecular weight excluding hydrogens is 221 g/mol. The Kier molecular flexibility index (Phi) is 2.96. The van der Waals surface area contributed by atoms with Gasteiger partial charge in [-0.3, -0.25) is 4.68 Å². The van der Waals surface area contributed by atoms with Crippen molar-refractivity contribution in [2.24, 2.45) is 0 Å². The summed E-state index contributed by atoms with van der Waals surface area (Å²) in [5.74, 6) is -0.375. The molecule has 0 atom stereocenters. The summed E-state index contributed by atoms with van der Waals surface area (Å²) in [5.41, 5.74) is -1.25. The van der Waals surface area contributed by atoms with Crippen LogP contribution in [-0.2, 0) is 11.7 Å². The topological polar surface area (TPSA) is 27.1 Å². The standard InChI is InChI=1S/C10H15F3N2O/c1-6-7(10(11,12)13)8(16-5)14-15(6)9(2,3)4/h1-5H3. The van der Waals surface area contributed by atoms with Crippen LogP contribution in [0.25, 0.3) is 0 Å². The SMILES string of the molecule is COc1nn(C(C)(C)C)c(C)c1C(F)(F)F. The summed E-state index contributed by atoms with van der Waals surface area (Å²) in [6.07, 6.45) is -4.45. The molecule has 3 nitrogen and oxygen atoms in total. The lowest BCUT2D eigenvalue weighted by Gasteiger charge is -2.21. The van der Waals surface area contributed by atoms with Crippen LogP contribution in [0.4, 0.5) is 13.2 Å². The summed E-state index contributed by atoms with van der Waals surface area (Å²) in [6, 6.07) is 0. The van der Waals surface area contributed by atoms with E-state index in [2.05, 4.69) is 9.84 Å². The fourth-order valence-corrected chi connectivity index (χ4v) is 1.60. The van der Waals surface area contributed by atoms with Crippen molar-refractivity contribution < 1.29 is 17.9 Å². The second-order valence-corrected chi connectivity index (χ2v) is 4.55. The number of ether oxygens (including phenoxy) is 1. The van der Waals surface area contributed by atoms with Crippen LogP contribution in [-0.4, -0.2) is 16.9 Å². The summed E-state index contributed by atoms with van der Waals surface area (Å²) in [7, 11) is 1.18. The molecule has 16 heavy (non-hydrogen) atoms. The molecule has 0 fully saturated rings. The molecule has 0 bridgehead atoms. The van der Waals surface area contributed by atoms with E-state index in [1.807, 2.05) is 0 Å². The van der Waals surface area contributed by atoms with Crippen LogP contribution in [0.5, 0.6) is 5.88 Å². The number of hydrogen-bond acceptors (Lipinski definition) is 2. The van der Waals surface area contributed by atoms with Gasteiger partial charge in [0.25, 0.3) is 0 Å². The number of halogens is 3. The first-order chi connectivity index (χ1) is 7.09. The van der Waals surface area contributed by atoms with Gasteiger partial charge in [0, 0.05) is 0 Å². The van der Waals surface area contributed by atoms with Crippen LogP contribution in [0.3, 0.4) is 0 Å². The average molecular weight is 236 g/mol. The van der Waals surface area contributed by atoms with Gasteiger partial charge in [0.2, 0.25) is 5.88 Å². The van der Waals surface area contributed by atoms with E-state index in [-0.39, 0.29) is 11.6 Å². The zero-order chi connectivity index (χ0) is 12.7. The van der Waals surface area contributed by atoms with Crippen LogP contribution in [0.15, 0.2) is 0 Å². The minimum atomic E-state index is -4.45. The van der Waals surface area contributed by atoms with Crippen molar-refractivity contribution in [2.45, 2.75) is 39.4 Å². The van der Waals surface area contributed by atoms with Crippen LogP contribution < -0.4 is 4.74 Å². The first-order valence-electron chi connectivity index (χ1n) is 4.80. The molecule has 0 aromatic carbocycles. The van der Waals surface area contributed by atoms with E-state index in [0.29, 0.717) is 0 Å². The molecule has 0 aliphatic heterocycles. The average Bonchev–Trinajstić information content (AvgIpc) is 2.40. The van der Waals surface area contributed by atoms with Crippen molar-refractivity contribution in [3.8, 4) is 5.88 Å². The number of nitrogens with zero attached hydrogens (tertiary/aromatic N) is 2. The van der Waals surface area contributed by atoms with E-state index >= 15 is 0 Å². The number of hydrogen-bond donors (Lipinski definition) is 0. The summed E-state index contributed by atoms with van der Waals surface area (Å²) >= 11 is 0. The number of aromatic nitrogens is 2. The molecule has 0 aliphatic rings. The number of rotatable bonds is 1. The first-order valence-corrected chi connectivity index (χ1v) is 4.80. The van der Waals surface area contributed by atoms with Gasteiger partial charge in [0.15, 0.2) is 0 Å². The van der Waals surface area contributed by atoms with Crippen molar-refractivity contribution in [1.29, 1.82) is 0 Å². The largest absolute Gasteiger partial charge is 0.479 e. The quantitative estimate of drug-likeness (QED) is 0.749. The lowest BCUT2D eigenvalue weighted by molar-refractivity contribution is -0.139. The lowest BCUT2D eigenvalue weighted by Crippen LogP contribution is -2.24. The Hall–Kier alpha value is -1.20. The first kappa shape index (κ1) is 12.9. The Bertz CT molecular complexity index is 388. The minimum Gasteiger partial charge on any atom is -0.479 e. The molecule has 0 unspecified atom stereocenters. The van der Waals surface area contributed by atoms with Crippen LogP contribution in [0.1, 0.15) is 32.0 Å². The smallest absolute Gasteiger partial charge is 0.423 e. The normalized spacial score (nSPS) is 13.0. The molecule has 0 saturated carbocycles. The van der Waals surface area contributed by atoms with E-state index in [4.69, 9.17) is 0 Å². The summed E-state index contributed by atoms with van der Waals surface area (Å²) < 4.78 is 44.3. The van der Waals surface area contributed by atoms with E-state index in [0.717, 1.165) is 0 Å². The fourth-order valence-electron chi connectivity index (χ4n) is 1.60. The highest BCUT2D eigenvalue weighted by molar-refractivity contribution is 5.34. The second-order valence-electron chi connectivity index (χ2n) is 4.55. The van der Waals surface area contributed by atoms with Gasteiger partial charge in [-0.1, -0.05) is 0 Å². The van der Waals surface area contributed by atoms with E-state index < -0.39 is 17.3 Å². The van der Waals surface area contributed by atoms with E-state index in [1.165, 1.54) is 18.7 Å². The van der Waals surface area contributed by atoms with Gasteiger partial charge in [-0.25, -0.2) is 0 Å². The van der Waals surface area contributed by atoms with Gasteiger partial charge in [-0.05, 0) is 27.7 Å².